The quantitative estimate of drug-likeness (QED) is 0.415. The van der Waals surface area contributed by atoms with Crippen molar-refractivity contribution in [2.75, 3.05) is 19.6 Å². The van der Waals surface area contributed by atoms with Crippen LogP contribution in [0.3, 0.4) is 0 Å². The van der Waals surface area contributed by atoms with Crippen LogP contribution >= 0.6 is 34.8 Å². The fraction of sp³-hybridized carbons (Fsp3) is 0.368. The van der Waals surface area contributed by atoms with Crippen molar-refractivity contribution < 1.29 is 18.5 Å². The van der Waals surface area contributed by atoms with Gasteiger partial charge in [-0.1, -0.05) is 40.9 Å². The molecular weight excluding hydrogens is 473 g/mol. The van der Waals surface area contributed by atoms with Crippen LogP contribution in [0.5, 0.6) is 0 Å². The Kier molecular flexibility index (Phi) is 7.60. The number of unbranched alkanes of at least 4 members (excludes halogenated alkanes) is 1. The molecule has 0 fully saturated rings. The molecule has 3 rings (SSSR count). The summed E-state index contributed by atoms with van der Waals surface area (Å²) >= 11 is 17.8. The van der Waals surface area contributed by atoms with Gasteiger partial charge < -0.3 is 0 Å². The van der Waals surface area contributed by atoms with Crippen LogP contribution in [0, 0.1) is 4.91 Å². The van der Waals surface area contributed by atoms with E-state index in [2.05, 4.69) is 9.62 Å². The Bertz CT molecular complexity index is 1040. The van der Waals surface area contributed by atoms with Crippen LogP contribution in [0.2, 0.25) is 15.1 Å². The van der Waals surface area contributed by atoms with E-state index in [4.69, 9.17) is 40.0 Å². The standard InChI is InChI=1S/C19H21Cl3N3O4S/c20-15-10-17(21)19(18(22)11-15)30(28,29)23-6-1-2-7-24-8-5-13-3-4-16(25(26)27)9-14(13)12-24/h3-4,9-11,23H,1-2,5-8,12H2,(H,26,27)/q+1. The zero-order valence-corrected chi connectivity index (χ0v) is 19.0. The summed E-state index contributed by atoms with van der Waals surface area (Å²) in [5.41, 5.74) is 2.40. The van der Waals surface area contributed by atoms with Crippen molar-refractivity contribution in [3.8, 4) is 0 Å². The third kappa shape index (κ3) is 5.63. The molecule has 0 amide bonds. The Hall–Kier alpha value is -1.42. The van der Waals surface area contributed by atoms with Crippen molar-refractivity contribution in [1.29, 1.82) is 0 Å². The molecule has 2 N–H and O–H groups in total. The van der Waals surface area contributed by atoms with Crippen LogP contribution in [0.1, 0.15) is 24.0 Å². The number of rotatable bonds is 8. The number of hydrogen-bond acceptors (Lipinski definition) is 4. The first-order chi connectivity index (χ1) is 14.2. The van der Waals surface area contributed by atoms with E-state index in [0.717, 1.165) is 31.5 Å². The molecule has 0 atom stereocenters. The van der Waals surface area contributed by atoms with Crippen molar-refractivity contribution in [2.45, 2.75) is 30.7 Å². The monoisotopic (exact) mass is 492 g/mol. The predicted octanol–water partition coefficient (Wildman–Crippen LogP) is 4.56. The van der Waals surface area contributed by atoms with E-state index in [-0.39, 0.29) is 37.1 Å². The summed E-state index contributed by atoms with van der Waals surface area (Å²) in [6.07, 6.45) is 2.28. The molecule has 0 bridgehead atoms. The molecule has 0 saturated carbocycles. The fourth-order valence-electron chi connectivity index (χ4n) is 3.44. The van der Waals surface area contributed by atoms with Crippen molar-refractivity contribution in [1.82, 2.24) is 9.62 Å². The number of nitrogens with zero attached hydrogens (tertiary/aromatic N) is 2. The minimum atomic E-state index is -3.84. The Morgan fingerprint density at radius 3 is 2.43 bits per heavy atom. The van der Waals surface area contributed by atoms with E-state index in [1.807, 2.05) is 6.07 Å². The Balaban J connectivity index is 1.49. The zero-order valence-electron chi connectivity index (χ0n) is 15.9. The maximum atomic E-state index is 12.5. The van der Waals surface area contributed by atoms with Gasteiger partial charge >= 0.3 is 5.69 Å². The highest BCUT2D eigenvalue weighted by molar-refractivity contribution is 7.89. The first-order valence-electron chi connectivity index (χ1n) is 9.32. The summed E-state index contributed by atoms with van der Waals surface area (Å²) < 4.78 is 27.5. The van der Waals surface area contributed by atoms with Crippen molar-refractivity contribution >= 4 is 50.5 Å². The largest absolute Gasteiger partial charge is 0.316 e. The number of fused-ring (bicyclic) bond motifs is 1. The molecule has 1 heterocycles. The Morgan fingerprint density at radius 1 is 1.07 bits per heavy atom. The van der Waals surface area contributed by atoms with E-state index >= 15 is 0 Å². The lowest BCUT2D eigenvalue weighted by Gasteiger charge is -2.28. The van der Waals surface area contributed by atoms with Crippen LogP contribution in [0.25, 0.3) is 0 Å². The first-order valence-corrected chi connectivity index (χ1v) is 11.9. The van der Waals surface area contributed by atoms with Gasteiger partial charge in [0.2, 0.25) is 10.0 Å². The second-order valence-corrected chi connectivity index (χ2v) is 10.0. The second kappa shape index (κ2) is 9.80. The van der Waals surface area contributed by atoms with Gasteiger partial charge in [-0.15, -0.1) is 0 Å². The molecule has 0 radical (unpaired) electrons. The molecule has 7 nitrogen and oxygen atoms in total. The molecule has 0 aromatic heterocycles. The van der Waals surface area contributed by atoms with Gasteiger partial charge in [-0.2, -0.15) is 0 Å². The first kappa shape index (κ1) is 23.2. The fourth-order valence-corrected chi connectivity index (χ4v) is 6.05. The molecule has 30 heavy (non-hydrogen) atoms. The number of halogens is 3. The molecule has 0 spiro atoms. The molecule has 0 saturated heterocycles. The summed E-state index contributed by atoms with van der Waals surface area (Å²) in [6.45, 7) is 2.60. The number of hydrogen-bond donors (Lipinski definition) is 2. The molecule has 162 valence electrons. The zero-order chi connectivity index (χ0) is 21.9. The highest BCUT2D eigenvalue weighted by Gasteiger charge is 2.23. The van der Waals surface area contributed by atoms with Crippen LogP contribution < -0.4 is 4.72 Å². The van der Waals surface area contributed by atoms with Crippen LogP contribution in [-0.2, 0) is 23.0 Å². The summed E-state index contributed by atoms with van der Waals surface area (Å²) in [4.78, 5) is 13.0. The van der Waals surface area contributed by atoms with Gasteiger partial charge in [0, 0.05) is 36.8 Å². The maximum Gasteiger partial charge on any atom is 0.316 e. The van der Waals surface area contributed by atoms with E-state index < -0.39 is 10.0 Å². The highest BCUT2D eigenvalue weighted by atomic mass is 35.5. The summed E-state index contributed by atoms with van der Waals surface area (Å²) in [7, 11) is -3.84. The van der Waals surface area contributed by atoms with E-state index in [9.17, 15) is 13.3 Å². The van der Waals surface area contributed by atoms with Crippen molar-refractivity contribution in [3.63, 3.8) is 0 Å². The molecule has 1 aliphatic rings. The molecule has 11 heteroatoms. The molecule has 0 unspecified atom stereocenters. The summed E-state index contributed by atoms with van der Waals surface area (Å²) in [5.74, 6) is 0. The van der Waals surface area contributed by atoms with Gasteiger partial charge in [-0.05, 0) is 49.1 Å². The second-order valence-electron chi connectivity index (χ2n) is 7.06. The normalized spacial score (nSPS) is 14.5. The topological polar surface area (TPSA) is 89.7 Å². The third-order valence-electron chi connectivity index (χ3n) is 4.93. The van der Waals surface area contributed by atoms with Gasteiger partial charge in [-0.25, -0.2) is 18.3 Å². The number of benzene rings is 2. The lowest BCUT2D eigenvalue weighted by atomic mass is 9.99. The van der Waals surface area contributed by atoms with Gasteiger partial charge in [0.25, 0.3) is 4.92 Å². The van der Waals surface area contributed by atoms with Crippen molar-refractivity contribution in [3.05, 3.63) is 61.4 Å². The molecule has 2 aromatic rings. The van der Waals surface area contributed by atoms with Crippen LogP contribution in [0.15, 0.2) is 35.2 Å². The van der Waals surface area contributed by atoms with Gasteiger partial charge in [-0.3, -0.25) is 4.90 Å². The predicted molar refractivity (Wildman–Crippen MR) is 116 cm³/mol. The lowest BCUT2D eigenvalue weighted by Crippen LogP contribution is -2.32. The smallest absolute Gasteiger partial charge is 0.299 e. The molecule has 2 aromatic carbocycles. The van der Waals surface area contributed by atoms with Crippen LogP contribution in [-0.4, -0.2) is 43.1 Å². The van der Waals surface area contributed by atoms with E-state index in [1.54, 1.807) is 12.1 Å². The van der Waals surface area contributed by atoms with Gasteiger partial charge in [0.15, 0.2) is 0 Å². The third-order valence-corrected chi connectivity index (χ3v) is 7.53. The van der Waals surface area contributed by atoms with Gasteiger partial charge in [0.05, 0.1) is 15.0 Å². The summed E-state index contributed by atoms with van der Waals surface area (Å²) in [5, 5.41) is 9.29. The minimum absolute atomic E-state index is 0.0223. The molecular formula is C19H21Cl3N3O4S+. The maximum absolute atomic E-state index is 12.5. The van der Waals surface area contributed by atoms with E-state index in [0.29, 0.717) is 13.0 Å². The minimum Gasteiger partial charge on any atom is -0.299 e. The SMILES string of the molecule is O=[N+](O)c1ccc2c(c1)CN(CCCCNS(=O)(=O)c1c(Cl)cc(Cl)cc1Cl)CC2. The average molecular weight is 494 g/mol. The van der Waals surface area contributed by atoms with Crippen molar-refractivity contribution in [2.24, 2.45) is 0 Å². The van der Waals surface area contributed by atoms with Crippen LogP contribution in [0.4, 0.5) is 5.69 Å². The van der Waals surface area contributed by atoms with Gasteiger partial charge in [0.1, 0.15) is 4.90 Å². The lowest BCUT2D eigenvalue weighted by molar-refractivity contribution is -0.729. The highest BCUT2D eigenvalue weighted by Crippen LogP contribution is 2.32. The average Bonchev–Trinajstić information content (AvgIpc) is 2.65. The molecule has 1 aliphatic heterocycles. The van der Waals surface area contributed by atoms with E-state index in [1.165, 1.54) is 17.7 Å². The number of nitrogens with one attached hydrogen (secondary N) is 1. The Labute approximate surface area is 190 Å². The molecule has 0 aliphatic carbocycles. The summed E-state index contributed by atoms with van der Waals surface area (Å²) in [6, 6.07) is 7.85. The Morgan fingerprint density at radius 2 is 1.77 bits per heavy atom. The number of sulfonamides is 1.